The van der Waals surface area contributed by atoms with Crippen molar-refractivity contribution in [3.05, 3.63) is 59.4 Å². The first kappa shape index (κ1) is 22.8. The Kier molecular flexibility index (Phi) is 6.23. The lowest BCUT2D eigenvalue weighted by Crippen LogP contribution is -2.68. The molecule has 3 heterocycles. The number of nitrogens with zero attached hydrogens (tertiary/aromatic N) is 3. The molecule has 0 spiro atoms. The molecule has 5 nitrogen and oxygen atoms in total. The Balaban J connectivity index is 1.45. The van der Waals surface area contributed by atoms with Gasteiger partial charge in [-0.3, -0.25) is 9.88 Å². The van der Waals surface area contributed by atoms with Crippen molar-refractivity contribution in [2.75, 3.05) is 32.7 Å². The second-order valence-electron chi connectivity index (χ2n) is 10.8. The van der Waals surface area contributed by atoms with E-state index in [9.17, 15) is 10.2 Å². The van der Waals surface area contributed by atoms with E-state index in [1.54, 1.807) is 6.07 Å². The van der Waals surface area contributed by atoms with E-state index < -0.39 is 5.60 Å². The Bertz CT molecular complexity index is 963. The van der Waals surface area contributed by atoms with Gasteiger partial charge in [-0.15, -0.1) is 0 Å². The van der Waals surface area contributed by atoms with Crippen molar-refractivity contribution >= 4 is 0 Å². The fourth-order valence-corrected chi connectivity index (χ4v) is 6.60. The molecule has 2 saturated heterocycles. The highest BCUT2D eigenvalue weighted by molar-refractivity contribution is 5.43. The van der Waals surface area contributed by atoms with E-state index in [2.05, 4.69) is 40.8 Å². The average Bonchev–Trinajstić information content (AvgIpc) is 3.65. The van der Waals surface area contributed by atoms with Gasteiger partial charge in [0.05, 0.1) is 5.60 Å². The van der Waals surface area contributed by atoms with E-state index in [0.717, 1.165) is 69.9 Å². The van der Waals surface area contributed by atoms with Crippen molar-refractivity contribution in [1.82, 2.24) is 14.8 Å². The summed E-state index contributed by atoms with van der Waals surface area (Å²) in [6.45, 7) is 9.39. The van der Waals surface area contributed by atoms with Gasteiger partial charge in [-0.1, -0.05) is 6.07 Å². The highest BCUT2D eigenvalue weighted by atomic mass is 16.3. The lowest BCUT2D eigenvalue weighted by atomic mass is 9.57. The number of rotatable bonds is 6. The third-order valence-electron chi connectivity index (χ3n) is 8.95. The summed E-state index contributed by atoms with van der Waals surface area (Å²) in [5.41, 5.74) is 2.50. The zero-order valence-corrected chi connectivity index (χ0v) is 20.2. The molecule has 3 unspecified atom stereocenters. The van der Waals surface area contributed by atoms with Crippen LogP contribution in [-0.4, -0.2) is 69.4 Å². The van der Waals surface area contributed by atoms with Crippen LogP contribution >= 0.6 is 0 Å². The molecule has 178 valence electrons. The standard InChI is InChI=1S/C28H39N3O2/c1-21-3-6-25(32)19-26(21)27-10-16-30(15-9-23-7-13-29-14-8-23)17-12-28(27,33)22(2)31(18-11-27)20-24-4-5-24/h3,6-8,13-14,19,22,24,32-33H,4-5,9-12,15-18,20H2,1-2H3. The van der Waals surface area contributed by atoms with Crippen LogP contribution in [0.25, 0.3) is 0 Å². The molecule has 2 N–H and O–H groups in total. The Morgan fingerprint density at radius 3 is 2.52 bits per heavy atom. The van der Waals surface area contributed by atoms with Gasteiger partial charge in [-0.25, -0.2) is 0 Å². The van der Waals surface area contributed by atoms with Crippen LogP contribution in [0.5, 0.6) is 5.75 Å². The van der Waals surface area contributed by atoms with E-state index in [0.29, 0.717) is 5.75 Å². The molecule has 1 aliphatic carbocycles. The third-order valence-corrected chi connectivity index (χ3v) is 8.95. The number of aliphatic hydroxyl groups is 1. The van der Waals surface area contributed by atoms with Crippen molar-refractivity contribution in [3.63, 3.8) is 0 Å². The number of piperidine rings is 1. The number of phenolic OH excluding ortho intramolecular Hbond substituents is 1. The Labute approximate surface area is 198 Å². The number of aromatic hydroxyl groups is 1. The molecule has 3 aliphatic rings. The molecule has 33 heavy (non-hydrogen) atoms. The molecule has 1 aromatic carbocycles. The van der Waals surface area contributed by atoms with Crippen molar-refractivity contribution in [1.29, 1.82) is 0 Å². The van der Waals surface area contributed by atoms with Gasteiger partial charge in [-0.05, 0) is 112 Å². The molecule has 1 aromatic heterocycles. The maximum absolute atomic E-state index is 12.6. The van der Waals surface area contributed by atoms with Crippen molar-refractivity contribution in [2.45, 2.75) is 69.4 Å². The van der Waals surface area contributed by atoms with Crippen LogP contribution in [0.15, 0.2) is 42.7 Å². The first-order valence-electron chi connectivity index (χ1n) is 12.8. The van der Waals surface area contributed by atoms with Gasteiger partial charge in [0, 0.05) is 43.5 Å². The normalized spacial score (nSPS) is 31.2. The number of hydrogen-bond donors (Lipinski definition) is 2. The van der Waals surface area contributed by atoms with Gasteiger partial charge >= 0.3 is 0 Å². The molecule has 2 aromatic rings. The first-order chi connectivity index (χ1) is 15.9. The van der Waals surface area contributed by atoms with Crippen LogP contribution in [0.4, 0.5) is 0 Å². The van der Waals surface area contributed by atoms with Crippen molar-refractivity contribution < 1.29 is 10.2 Å². The van der Waals surface area contributed by atoms with Crippen LogP contribution in [-0.2, 0) is 11.8 Å². The van der Waals surface area contributed by atoms with E-state index in [1.807, 2.05) is 24.5 Å². The van der Waals surface area contributed by atoms with Gasteiger partial charge in [0.15, 0.2) is 0 Å². The van der Waals surface area contributed by atoms with E-state index >= 15 is 0 Å². The van der Waals surface area contributed by atoms with Crippen LogP contribution in [0, 0.1) is 12.8 Å². The molecule has 3 atom stereocenters. The highest BCUT2D eigenvalue weighted by Crippen LogP contribution is 2.53. The number of likely N-dealkylation sites (tertiary alicyclic amines) is 2. The maximum atomic E-state index is 12.6. The molecular weight excluding hydrogens is 410 g/mol. The summed E-state index contributed by atoms with van der Waals surface area (Å²) in [6.07, 6.45) is 10.0. The summed E-state index contributed by atoms with van der Waals surface area (Å²) in [5.74, 6) is 1.12. The van der Waals surface area contributed by atoms with Crippen molar-refractivity contribution in [2.24, 2.45) is 5.92 Å². The summed E-state index contributed by atoms with van der Waals surface area (Å²) in [5, 5.41) is 23.0. The lowest BCUT2D eigenvalue weighted by Gasteiger charge is -2.58. The van der Waals surface area contributed by atoms with E-state index in [4.69, 9.17) is 0 Å². The molecule has 0 amide bonds. The topological polar surface area (TPSA) is 59.8 Å². The van der Waals surface area contributed by atoms with Crippen LogP contribution in [0.3, 0.4) is 0 Å². The largest absolute Gasteiger partial charge is 0.508 e. The molecule has 5 heteroatoms. The molecule has 5 rings (SSSR count). The molecule has 0 bridgehead atoms. The second-order valence-corrected chi connectivity index (χ2v) is 10.8. The number of aryl methyl sites for hydroxylation is 1. The Morgan fingerprint density at radius 2 is 1.76 bits per heavy atom. The fraction of sp³-hybridized carbons (Fsp3) is 0.607. The van der Waals surface area contributed by atoms with Crippen LogP contribution in [0.2, 0.25) is 0 Å². The fourth-order valence-electron chi connectivity index (χ4n) is 6.60. The lowest BCUT2D eigenvalue weighted by molar-refractivity contribution is -0.136. The third kappa shape index (κ3) is 4.31. The molecule has 3 fully saturated rings. The predicted octanol–water partition coefficient (Wildman–Crippen LogP) is 3.91. The highest BCUT2D eigenvalue weighted by Gasteiger charge is 2.59. The number of pyridine rings is 1. The predicted molar refractivity (Wildman–Crippen MR) is 131 cm³/mol. The van der Waals surface area contributed by atoms with E-state index in [1.165, 1.54) is 24.0 Å². The molecule has 0 radical (unpaired) electrons. The van der Waals surface area contributed by atoms with Gasteiger partial charge in [-0.2, -0.15) is 0 Å². The zero-order valence-electron chi connectivity index (χ0n) is 20.2. The van der Waals surface area contributed by atoms with Gasteiger partial charge in [0.2, 0.25) is 0 Å². The number of benzene rings is 1. The summed E-state index contributed by atoms with van der Waals surface area (Å²) in [4.78, 5) is 9.23. The monoisotopic (exact) mass is 449 g/mol. The molecular formula is C28H39N3O2. The van der Waals surface area contributed by atoms with E-state index in [-0.39, 0.29) is 11.5 Å². The summed E-state index contributed by atoms with van der Waals surface area (Å²) < 4.78 is 0. The van der Waals surface area contributed by atoms with Gasteiger partial charge in [0.25, 0.3) is 0 Å². The van der Waals surface area contributed by atoms with Gasteiger partial charge in [0.1, 0.15) is 5.75 Å². The maximum Gasteiger partial charge on any atom is 0.115 e. The minimum Gasteiger partial charge on any atom is -0.508 e. The SMILES string of the molecule is Cc1ccc(O)cc1C12CCN(CCc3ccncc3)CCC1(O)C(C)N(CC1CC1)CC2. The summed E-state index contributed by atoms with van der Waals surface area (Å²) >= 11 is 0. The van der Waals surface area contributed by atoms with Crippen LogP contribution < -0.4 is 0 Å². The van der Waals surface area contributed by atoms with Gasteiger partial charge < -0.3 is 15.1 Å². The average molecular weight is 450 g/mol. The summed E-state index contributed by atoms with van der Waals surface area (Å²) in [7, 11) is 0. The second kappa shape index (κ2) is 9.01. The smallest absolute Gasteiger partial charge is 0.115 e. The molecule has 2 aliphatic heterocycles. The quantitative estimate of drug-likeness (QED) is 0.700. The minimum atomic E-state index is -0.815. The number of aromatic nitrogens is 1. The Hall–Kier alpha value is -1.95. The minimum absolute atomic E-state index is 0.105. The molecule has 1 saturated carbocycles. The first-order valence-corrected chi connectivity index (χ1v) is 12.8. The zero-order chi connectivity index (χ0) is 23.1. The Morgan fingerprint density at radius 1 is 1.03 bits per heavy atom. The number of fused-ring (bicyclic) bond motifs is 1. The van der Waals surface area contributed by atoms with Crippen molar-refractivity contribution in [3.8, 4) is 5.75 Å². The number of phenols is 1. The number of hydrogen-bond acceptors (Lipinski definition) is 5. The summed E-state index contributed by atoms with van der Waals surface area (Å²) in [6, 6.07) is 10.0. The van der Waals surface area contributed by atoms with Crippen LogP contribution in [0.1, 0.15) is 55.7 Å².